The molecule has 0 saturated heterocycles. The van der Waals surface area contributed by atoms with E-state index in [9.17, 15) is 15.0 Å². The molecule has 0 aliphatic heterocycles. The largest absolute Gasteiger partial charge is 0.508 e. The van der Waals surface area contributed by atoms with Crippen LogP contribution in [0.5, 0.6) is 11.5 Å². The Balaban J connectivity index is 1.55. The zero-order valence-corrected chi connectivity index (χ0v) is 21.5. The standard InChI is InChI=1S/C29H34N4O3/c1-17(2)24-10-7-20(13-27(24)34)21-12-22(32(5)29(36)14-21)8-6-18(3)25-11-9-23(15-28(25)35)33-19(4)26(30)16-31-33/h7,9-18,34-35H,6,8,30H2,1-5H3. The number of nitrogens with two attached hydrogens (primary N) is 1. The number of nitrogen functional groups attached to an aromatic ring is 1. The topological polar surface area (TPSA) is 106 Å². The number of phenols is 2. The predicted molar refractivity (Wildman–Crippen MR) is 144 cm³/mol. The van der Waals surface area contributed by atoms with Gasteiger partial charge in [0.05, 0.1) is 23.3 Å². The Labute approximate surface area is 211 Å². The van der Waals surface area contributed by atoms with E-state index >= 15 is 0 Å². The molecule has 188 valence electrons. The van der Waals surface area contributed by atoms with E-state index in [0.29, 0.717) is 12.1 Å². The Morgan fingerprint density at radius 2 is 1.64 bits per heavy atom. The van der Waals surface area contributed by atoms with Crippen LogP contribution in [-0.2, 0) is 13.5 Å². The quantitative estimate of drug-likeness (QED) is 0.324. The summed E-state index contributed by atoms with van der Waals surface area (Å²) in [6.45, 7) is 8.02. The fourth-order valence-electron chi connectivity index (χ4n) is 4.59. The van der Waals surface area contributed by atoms with Gasteiger partial charge in [0.2, 0.25) is 0 Å². The Hall–Kier alpha value is -4.00. The van der Waals surface area contributed by atoms with E-state index in [2.05, 4.69) is 12.0 Å². The summed E-state index contributed by atoms with van der Waals surface area (Å²) in [7, 11) is 1.77. The van der Waals surface area contributed by atoms with Crippen molar-refractivity contribution in [3.05, 3.63) is 87.6 Å². The van der Waals surface area contributed by atoms with Crippen LogP contribution in [0, 0.1) is 6.92 Å². The van der Waals surface area contributed by atoms with Gasteiger partial charge in [-0.25, -0.2) is 4.68 Å². The third-order valence-electron chi connectivity index (χ3n) is 7.02. The molecule has 0 aliphatic carbocycles. The van der Waals surface area contributed by atoms with Gasteiger partial charge in [0, 0.05) is 24.9 Å². The van der Waals surface area contributed by atoms with Gasteiger partial charge in [-0.05, 0) is 72.1 Å². The van der Waals surface area contributed by atoms with E-state index < -0.39 is 0 Å². The first-order chi connectivity index (χ1) is 17.1. The number of phenolic OH excluding ortho intramolecular Hbond substituents is 2. The highest BCUT2D eigenvalue weighted by molar-refractivity contribution is 5.66. The Morgan fingerprint density at radius 1 is 0.944 bits per heavy atom. The second-order valence-corrected chi connectivity index (χ2v) is 9.84. The highest BCUT2D eigenvalue weighted by Crippen LogP contribution is 2.33. The van der Waals surface area contributed by atoms with E-state index in [1.165, 1.54) is 0 Å². The van der Waals surface area contributed by atoms with E-state index in [-0.39, 0.29) is 28.9 Å². The number of aryl methyl sites for hydroxylation is 1. The summed E-state index contributed by atoms with van der Waals surface area (Å²) < 4.78 is 3.36. The van der Waals surface area contributed by atoms with Gasteiger partial charge < -0.3 is 20.5 Å². The molecule has 4 aromatic rings. The lowest BCUT2D eigenvalue weighted by molar-refractivity contribution is 0.459. The molecular formula is C29H34N4O3. The van der Waals surface area contributed by atoms with Crippen molar-refractivity contribution in [1.82, 2.24) is 14.3 Å². The summed E-state index contributed by atoms with van der Waals surface area (Å²) in [5.74, 6) is 0.727. The summed E-state index contributed by atoms with van der Waals surface area (Å²) in [4.78, 5) is 12.7. The zero-order chi connectivity index (χ0) is 26.1. The van der Waals surface area contributed by atoms with Crippen LogP contribution in [0.25, 0.3) is 16.8 Å². The van der Waals surface area contributed by atoms with Crippen molar-refractivity contribution in [1.29, 1.82) is 0 Å². The molecular weight excluding hydrogens is 452 g/mol. The molecule has 1 unspecified atom stereocenters. The zero-order valence-electron chi connectivity index (χ0n) is 21.5. The number of hydrogen-bond acceptors (Lipinski definition) is 5. The molecule has 1 atom stereocenters. The molecule has 0 fully saturated rings. The lowest BCUT2D eigenvalue weighted by Crippen LogP contribution is -2.20. The van der Waals surface area contributed by atoms with Gasteiger partial charge >= 0.3 is 0 Å². The van der Waals surface area contributed by atoms with Gasteiger partial charge in [-0.3, -0.25) is 4.79 Å². The van der Waals surface area contributed by atoms with Crippen LogP contribution in [0.3, 0.4) is 0 Å². The molecule has 36 heavy (non-hydrogen) atoms. The normalized spacial score (nSPS) is 12.3. The van der Waals surface area contributed by atoms with Gasteiger partial charge in [0.15, 0.2) is 0 Å². The summed E-state index contributed by atoms with van der Waals surface area (Å²) >= 11 is 0. The van der Waals surface area contributed by atoms with Crippen LogP contribution in [0.4, 0.5) is 5.69 Å². The van der Waals surface area contributed by atoms with Crippen molar-refractivity contribution in [3.8, 4) is 28.3 Å². The van der Waals surface area contributed by atoms with Gasteiger partial charge in [0.1, 0.15) is 11.5 Å². The summed E-state index contributed by atoms with van der Waals surface area (Å²) in [6, 6.07) is 14.7. The van der Waals surface area contributed by atoms with E-state index in [1.54, 1.807) is 40.7 Å². The fraction of sp³-hybridized carbons (Fsp3) is 0.310. The number of anilines is 1. The maximum absolute atomic E-state index is 12.7. The molecule has 2 aromatic carbocycles. The molecule has 4 rings (SSSR count). The number of pyridine rings is 1. The molecule has 0 amide bonds. The predicted octanol–water partition coefficient (Wildman–Crippen LogP) is 5.40. The maximum atomic E-state index is 12.7. The molecule has 2 aromatic heterocycles. The molecule has 2 heterocycles. The minimum atomic E-state index is -0.0938. The molecule has 0 radical (unpaired) electrons. The van der Waals surface area contributed by atoms with Crippen molar-refractivity contribution in [2.24, 2.45) is 7.05 Å². The number of benzene rings is 2. The molecule has 7 nitrogen and oxygen atoms in total. The Kier molecular flexibility index (Phi) is 6.93. The minimum absolute atomic E-state index is 0.0657. The Morgan fingerprint density at radius 3 is 2.25 bits per heavy atom. The highest BCUT2D eigenvalue weighted by Gasteiger charge is 2.15. The SMILES string of the molecule is Cc1c(N)cnn1-c1ccc(C(C)CCc2cc(-c3ccc(C(C)C)c(O)c3)cc(=O)n2C)c(O)c1. The molecule has 0 saturated carbocycles. The monoisotopic (exact) mass is 486 g/mol. The van der Waals surface area contributed by atoms with Crippen molar-refractivity contribution in [2.75, 3.05) is 5.73 Å². The highest BCUT2D eigenvalue weighted by atomic mass is 16.3. The summed E-state index contributed by atoms with van der Waals surface area (Å²) in [5.41, 5.74) is 12.2. The lowest BCUT2D eigenvalue weighted by atomic mass is 9.93. The second-order valence-electron chi connectivity index (χ2n) is 9.84. The summed E-state index contributed by atoms with van der Waals surface area (Å²) in [5, 5.41) is 25.5. The first-order valence-electron chi connectivity index (χ1n) is 12.2. The average molecular weight is 487 g/mol. The minimum Gasteiger partial charge on any atom is -0.508 e. The van der Waals surface area contributed by atoms with Gasteiger partial charge in [0.25, 0.3) is 5.56 Å². The van der Waals surface area contributed by atoms with Crippen LogP contribution in [-0.4, -0.2) is 24.6 Å². The number of hydrogen-bond donors (Lipinski definition) is 3. The first-order valence-corrected chi connectivity index (χ1v) is 12.2. The lowest BCUT2D eigenvalue weighted by Gasteiger charge is -2.17. The maximum Gasteiger partial charge on any atom is 0.251 e. The van der Waals surface area contributed by atoms with Gasteiger partial charge in [-0.15, -0.1) is 0 Å². The van der Waals surface area contributed by atoms with Crippen LogP contribution in [0.15, 0.2) is 59.5 Å². The number of rotatable bonds is 7. The third kappa shape index (κ3) is 4.87. The van der Waals surface area contributed by atoms with Crippen molar-refractivity contribution in [3.63, 3.8) is 0 Å². The van der Waals surface area contributed by atoms with Crippen LogP contribution in [0.2, 0.25) is 0 Å². The summed E-state index contributed by atoms with van der Waals surface area (Å²) in [6.07, 6.45) is 3.00. The molecule has 4 N–H and O–H groups in total. The van der Waals surface area contributed by atoms with Gasteiger partial charge in [-0.2, -0.15) is 5.10 Å². The van der Waals surface area contributed by atoms with Crippen molar-refractivity contribution < 1.29 is 10.2 Å². The second kappa shape index (κ2) is 9.93. The van der Waals surface area contributed by atoms with E-state index in [0.717, 1.165) is 45.7 Å². The van der Waals surface area contributed by atoms with Crippen molar-refractivity contribution >= 4 is 5.69 Å². The number of aromatic hydroxyl groups is 2. The van der Waals surface area contributed by atoms with Crippen LogP contribution < -0.4 is 11.3 Å². The third-order valence-corrected chi connectivity index (χ3v) is 7.02. The molecule has 0 spiro atoms. The average Bonchev–Trinajstić information content (AvgIpc) is 3.17. The molecule has 0 aliphatic rings. The van der Waals surface area contributed by atoms with Gasteiger partial charge in [-0.1, -0.05) is 39.0 Å². The van der Waals surface area contributed by atoms with Crippen LogP contribution >= 0.6 is 0 Å². The van der Waals surface area contributed by atoms with E-state index in [4.69, 9.17) is 5.73 Å². The van der Waals surface area contributed by atoms with Crippen molar-refractivity contribution in [2.45, 2.75) is 52.4 Å². The van der Waals surface area contributed by atoms with E-state index in [1.807, 2.05) is 51.1 Å². The molecule has 7 heteroatoms. The fourth-order valence-corrected chi connectivity index (χ4v) is 4.59. The van der Waals surface area contributed by atoms with Crippen LogP contribution in [0.1, 0.15) is 61.5 Å². The Bertz CT molecular complexity index is 1470. The first kappa shape index (κ1) is 25.1. The number of aromatic nitrogens is 3. The molecule has 0 bridgehead atoms. The smallest absolute Gasteiger partial charge is 0.251 e. The number of nitrogens with zero attached hydrogens (tertiary/aromatic N) is 3.